The maximum Gasteiger partial charge on any atom is 0.141 e. The van der Waals surface area contributed by atoms with Crippen LogP contribution in [0.25, 0.3) is 21.9 Å². The summed E-state index contributed by atoms with van der Waals surface area (Å²) in [6.07, 6.45) is 3.92. The topological polar surface area (TPSA) is 88.8 Å². The predicted octanol–water partition coefficient (Wildman–Crippen LogP) is 2.60. The van der Waals surface area contributed by atoms with Gasteiger partial charge in [0.2, 0.25) is 0 Å². The van der Waals surface area contributed by atoms with Crippen LogP contribution in [0.4, 0.5) is 5.69 Å². The fourth-order valence-corrected chi connectivity index (χ4v) is 3.49. The maximum atomic E-state index is 10.3. The van der Waals surface area contributed by atoms with Crippen LogP contribution in [0.2, 0.25) is 5.02 Å². The lowest BCUT2D eigenvalue weighted by atomic mass is 10.1. The van der Waals surface area contributed by atoms with Crippen molar-refractivity contribution >= 4 is 39.2 Å². The average molecular weight is 328 g/mol. The Morgan fingerprint density at radius 1 is 1.43 bits per heavy atom. The Morgan fingerprint density at radius 2 is 2.26 bits per heavy atom. The number of fused-ring (bicyclic) bond motifs is 3. The lowest BCUT2D eigenvalue weighted by molar-refractivity contribution is 0.0839. The smallest absolute Gasteiger partial charge is 0.141 e. The van der Waals surface area contributed by atoms with Crippen molar-refractivity contribution in [3.63, 3.8) is 0 Å². The van der Waals surface area contributed by atoms with E-state index in [1.165, 1.54) is 0 Å². The number of rotatable bonds is 1. The number of hydrogen-bond donors (Lipinski definition) is 2. The molecule has 116 valence electrons. The van der Waals surface area contributed by atoms with E-state index in [0.29, 0.717) is 35.9 Å². The number of aliphatic hydroxyl groups is 1. The van der Waals surface area contributed by atoms with Gasteiger partial charge in [0, 0.05) is 18.5 Å². The summed E-state index contributed by atoms with van der Waals surface area (Å²) in [5, 5.41) is 21.6. The number of hydrogen-bond acceptors (Lipinski definition) is 5. The van der Waals surface area contributed by atoms with Crippen molar-refractivity contribution in [2.24, 2.45) is 0 Å². The van der Waals surface area contributed by atoms with Crippen LogP contribution < -0.4 is 4.90 Å². The quantitative estimate of drug-likeness (QED) is 0.717. The van der Waals surface area contributed by atoms with Crippen LogP contribution in [0.3, 0.4) is 0 Å². The monoisotopic (exact) mass is 327 g/mol. The first-order chi connectivity index (χ1) is 11.0. The van der Waals surface area contributed by atoms with E-state index in [1.54, 1.807) is 18.5 Å². The van der Waals surface area contributed by atoms with Crippen molar-refractivity contribution in [1.29, 1.82) is 5.26 Å². The summed E-state index contributed by atoms with van der Waals surface area (Å²) in [5.41, 5.74) is 1.96. The van der Waals surface area contributed by atoms with Crippen molar-refractivity contribution in [2.45, 2.75) is 18.9 Å². The summed E-state index contributed by atoms with van der Waals surface area (Å²) in [4.78, 5) is 13.7. The molecule has 1 aliphatic heterocycles. The van der Waals surface area contributed by atoms with E-state index >= 15 is 0 Å². The SMILES string of the molecule is C[C@]1(O)CCN(c2c(Cl)cnc3[nH]c4cnc(C#N)cc4c23)C1. The molecule has 1 aliphatic rings. The third kappa shape index (κ3) is 2.21. The molecule has 0 amide bonds. The molecule has 1 fully saturated rings. The highest BCUT2D eigenvalue weighted by Gasteiger charge is 2.33. The summed E-state index contributed by atoms with van der Waals surface area (Å²) in [5.74, 6) is 0. The Hall–Kier alpha value is -2.36. The zero-order valence-electron chi connectivity index (χ0n) is 12.5. The summed E-state index contributed by atoms with van der Waals surface area (Å²) in [6, 6.07) is 3.80. The predicted molar refractivity (Wildman–Crippen MR) is 88.6 cm³/mol. The standard InChI is InChI=1S/C16H14ClN5O/c1-16(23)2-3-22(8-16)14-11(17)6-20-15-13(14)10-4-9(5-18)19-7-12(10)21-15/h4,6-7,23H,2-3,8H2,1H3,(H,20,21)/t16-/m0/s1. The number of aromatic amines is 1. The fourth-order valence-electron chi connectivity index (χ4n) is 3.22. The van der Waals surface area contributed by atoms with Gasteiger partial charge in [-0.25, -0.2) is 9.97 Å². The Balaban J connectivity index is 2.02. The highest BCUT2D eigenvalue weighted by molar-refractivity contribution is 6.35. The Labute approximate surface area is 137 Å². The second-order valence-electron chi connectivity index (χ2n) is 6.20. The number of nitrogens with one attached hydrogen (secondary N) is 1. The van der Waals surface area contributed by atoms with Crippen LogP contribution in [0.5, 0.6) is 0 Å². The van der Waals surface area contributed by atoms with Crippen LogP contribution in [0.1, 0.15) is 19.0 Å². The van der Waals surface area contributed by atoms with Crippen LogP contribution in [-0.4, -0.2) is 38.7 Å². The van der Waals surface area contributed by atoms with Crippen LogP contribution >= 0.6 is 11.6 Å². The van der Waals surface area contributed by atoms with Gasteiger partial charge < -0.3 is 15.0 Å². The van der Waals surface area contributed by atoms with E-state index in [2.05, 4.69) is 25.9 Å². The minimum absolute atomic E-state index is 0.345. The summed E-state index contributed by atoms with van der Waals surface area (Å²) in [7, 11) is 0. The molecule has 3 aromatic rings. The molecular formula is C16H14ClN5O. The molecule has 1 atom stereocenters. The molecular weight excluding hydrogens is 314 g/mol. The van der Waals surface area contributed by atoms with E-state index in [4.69, 9.17) is 16.9 Å². The lowest BCUT2D eigenvalue weighted by Gasteiger charge is -2.22. The number of H-pyrrole nitrogens is 1. The molecule has 23 heavy (non-hydrogen) atoms. The van der Waals surface area contributed by atoms with E-state index in [0.717, 1.165) is 22.0 Å². The molecule has 4 heterocycles. The number of β-amino-alcohol motifs (C(OH)–C–C–N with tert-alkyl or cyclic N) is 1. The average Bonchev–Trinajstić information content (AvgIpc) is 3.06. The molecule has 2 N–H and O–H groups in total. The second kappa shape index (κ2) is 4.82. The normalized spacial score (nSPS) is 21.2. The van der Waals surface area contributed by atoms with E-state index in [9.17, 15) is 5.11 Å². The molecule has 3 aromatic heterocycles. The van der Waals surface area contributed by atoms with Gasteiger partial charge in [-0.3, -0.25) is 0 Å². The number of pyridine rings is 2. The van der Waals surface area contributed by atoms with Gasteiger partial charge in [0.15, 0.2) is 0 Å². The van der Waals surface area contributed by atoms with Gasteiger partial charge in [0.25, 0.3) is 0 Å². The van der Waals surface area contributed by atoms with Gasteiger partial charge in [-0.15, -0.1) is 0 Å². The van der Waals surface area contributed by atoms with E-state index in [-0.39, 0.29) is 0 Å². The first-order valence-electron chi connectivity index (χ1n) is 7.32. The lowest BCUT2D eigenvalue weighted by Crippen LogP contribution is -2.29. The Bertz CT molecular complexity index is 972. The molecule has 7 heteroatoms. The first kappa shape index (κ1) is 14.2. The zero-order valence-corrected chi connectivity index (χ0v) is 13.2. The van der Waals surface area contributed by atoms with E-state index in [1.807, 2.05) is 6.92 Å². The molecule has 0 aromatic carbocycles. The molecule has 1 saturated heterocycles. The zero-order chi connectivity index (χ0) is 16.2. The molecule has 0 spiro atoms. The second-order valence-corrected chi connectivity index (χ2v) is 6.61. The number of aromatic nitrogens is 3. The van der Waals surface area contributed by atoms with Crippen molar-refractivity contribution in [3.05, 3.63) is 29.2 Å². The van der Waals surface area contributed by atoms with E-state index < -0.39 is 5.60 Å². The van der Waals surface area contributed by atoms with Crippen molar-refractivity contribution in [1.82, 2.24) is 15.0 Å². The van der Waals surface area contributed by atoms with Gasteiger partial charge in [-0.1, -0.05) is 11.6 Å². The van der Waals surface area contributed by atoms with Crippen LogP contribution in [0.15, 0.2) is 18.5 Å². The van der Waals surface area contributed by atoms with Gasteiger partial charge in [-0.05, 0) is 19.4 Å². The molecule has 0 aliphatic carbocycles. The Morgan fingerprint density at radius 3 is 2.96 bits per heavy atom. The van der Waals surface area contributed by atoms with Crippen molar-refractivity contribution in [3.8, 4) is 6.07 Å². The highest BCUT2D eigenvalue weighted by Crippen LogP contribution is 2.40. The molecule has 0 saturated carbocycles. The molecule has 0 bridgehead atoms. The van der Waals surface area contributed by atoms with Crippen LogP contribution in [-0.2, 0) is 0 Å². The molecule has 4 rings (SSSR count). The molecule has 0 radical (unpaired) electrons. The fraction of sp³-hybridized carbons (Fsp3) is 0.312. The maximum absolute atomic E-state index is 10.3. The number of anilines is 1. The highest BCUT2D eigenvalue weighted by atomic mass is 35.5. The number of nitriles is 1. The summed E-state index contributed by atoms with van der Waals surface area (Å²) in [6.45, 7) is 3.05. The molecule has 0 unspecified atom stereocenters. The minimum atomic E-state index is -0.732. The largest absolute Gasteiger partial charge is 0.388 e. The summed E-state index contributed by atoms with van der Waals surface area (Å²) < 4.78 is 0. The third-order valence-electron chi connectivity index (χ3n) is 4.32. The van der Waals surface area contributed by atoms with Gasteiger partial charge >= 0.3 is 0 Å². The van der Waals surface area contributed by atoms with Crippen molar-refractivity contribution < 1.29 is 5.11 Å². The molecule has 6 nitrogen and oxygen atoms in total. The first-order valence-corrected chi connectivity index (χ1v) is 7.70. The minimum Gasteiger partial charge on any atom is -0.388 e. The van der Waals surface area contributed by atoms with Gasteiger partial charge in [0.1, 0.15) is 17.4 Å². The summed E-state index contributed by atoms with van der Waals surface area (Å²) >= 11 is 6.43. The van der Waals surface area contributed by atoms with Gasteiger partial charge in [0.05, 0.1) is 39.6 Å². The Kier molecular flexibility index (Phi) is 2.98. The van der Waals surface area contributed by atoms with Crippen molar-refractivity contribution in [2.75, 3.05) is 18.0 Å². The number of halogens is 1. The number of nitrogens with zero attached hydrogens (tertiary/aromatic N) is 4. The van der Waals surface area contributed by atoms with Gasteiger partial charge in [-0.2, -0.15) is 5.26 Å². The van der Waals surface area contributed by atoms with Crippen LogP contribution in [0, 0.1) is 11.3 Å². The third-order valence-corrected chi connectivity index (χ3v) is 4.59.